The van der Waals surface area contributed by atoms with E-state index in [4.69, 9.17) is 24.8 Å². The van der Waals surface area contributed by atoms with Crippen LogP contribution in [0.1, 0.15) is 33.1 Å². The summed E-state index contributed by atoms with van der Waals surface area (Å²) in [4.78, 5) is 11.4. The van der Waals surface area contributed by atoms with Crippen molar-refractivity contribution in [3.8, 4) is 0 Å². The highest BCUT2D eigenvalue weighted by atomic mass is 16.7. The average molecular weight is 330 g/mol. The number of carbonyl (C=O) groups excluding carboxylic acids is 1. The van der Waals surface area contributed by atoms with Crippen LogP contribution in [0.5, 0.6) is 0 Å². The molecule has 0 radical (unpaired) electrons. The Labute approximate surface area is 138 Å². The van der Waals surface area contributed by atoms with E-state index in [0.717, 1.165) is 12.8 Å². The summed E-state index contributed by atoms with van der Waals surface area (Å²) < 4.78 is 9.85. The van der Waals surface area contributed by atoms with Crippen LogP contribution in [0.4, 0.5) is 4.79 Å². The van der Waals surface area contributed by atoms with Gasteiger partial charge in [-0.25, -0.2) is 4.79 Å². The Hall–Kier alpha value is -1.37. The minimum absolute atomic E-state index is 0.0275. The first-order valence-corrected chi connectivity index (χ1v) is 7.95. The molecule has 0 atom stereocenters. The average Bonchev–Trinajstić information content (AvgIpc) is 2.56. The van der Waals surface area contributed by atoms with E-state index in [1.807, 2.05) is 26.0 Å². The van der Waals surface area contributed by atoms with E-state index < -0.39 is 11.6 Å². The van der Waals surface area contributed by atoms with E-state index in [9.17, 15) is 4.79 Å². The predicted octanol–water partition coefficient (Wildman–Crippen LogP) is 2.04. The largest absolute Gasteiger partial charge is 0.508 e. The normalized spacial score (nSPS) is 13.6. The van der Waals surface area contributed by atoms with Crippen molar-refractivity contribution in [3.63, 3.8) is 0 Å². The van der Waals surface area contributed by atoms with Gasteiger partial charge in [0, 0.05) is 5.41 Å². The maximum absolute atomic E-state index is 11.4. The Bertz CT molecular complexity index is 340. The molecule has 0 aromatic carbocycles. The third kappa shape index (κ3) is 9.38. The van der Waals surface area contributed by atoms with Crippen LogP contribution in [0.15, 0.2) is 24.3 Å². The van der Waals surface area contributed by atoms with Crippen molar-refractivity contribution in [2.24, 2.45) is 11.3 Å². The highest BCUT2D eigenvalue weighted by molar-refractivity contribution is 5.59. The summed E-state index contributed by atoms with van der Waals surface area (Å²) in [5, 5.41) is 27.5. The highest BCUT2D eigenvalue weighted by Crippen LogP contribution is 2.19. The second kappa shape index (κ2) is 13.1. The van der Waals surface area contributed by atoms with Crippen LogP contribution in [-0.2, 0) is 9.47 Å². The molecule has 0 aromatic heterocycles. The molecule has 0 aliphatic rings. The molecular formula is C17H30O6. The molecule has 0 spiro atoms. The third-order valence-corrected chi connectivity index (χ3v) is 3.64. The van der Waals surface area contributed by atoms with E-state index in [1.54, 1.807) is 0 Å². The number of allylic oxidation sites excluding steroid dienone is 4. The molecule has 0 aromatic rings. The van der Waals surface area contributed by atoms with Crippen molar-refractivity contribution < 1.29 is 29.6 Å². The molecule has 0 bridgehead atoms. The number of hydrogen-bond acceptors (Lipinski definition) is 6. The number of aliphatic hydroxyl groups excluding tert-OH is 3. The zero-order valence-electron chi connectivity index (χ0n) is 14.1. The number of carbonyl (C=O) groups is 1. The SMILES string of the molecule is CC=CC(C=CC)CCCOC(=O)OCCC(CO)(CO)CO. The summed E-state index contributed by atoms with van der Waals surface area (Å²) in [6, 6.07) is 0. The van der Waals surface area contributed by atoms with Gasteiger partial charge in [-0.2, -0.15) is 0 Å². The summed E-state index contributed by atoms with van der Waals surface area (Å²) in [7, 11) is 0. The van der Waals surface area contributed by atoms with Gasteiger partial charge in [0.1, 0.15) is 0 Å². The molecule has 0 aliphatic heterocycles. The lowest BCUT2D eigenvalue weighted by molar-refractivity contribution is -0.0210. The topological polar surface area (TPSA) is 96.2 Å². The Morgan fingerprint density at radius 2 is 1.52 bits per heavy atom. The first kappa shape index (κ1) is 21.6. The molecule has 0 saturated heterocycles. The van der Waals surface area contributed by atoms with Gasteiger partial charge >= 0.3 is 6.16 Å². The minimum Gasteiger partial charge on any atom is -0.434 e. The summed E-state index contributed by atoms with van der Waals surface area (Å²) in [6.07, 6.45) is 9.17. The zero-order valence-corrected chi connectivity index (χ0v) is 14.1. The fraction of sp³-hybridized carbons (Fsp3) is 0.706. The Balaban J connectivity index is 3.91. The molecule has 0 saturated carbocycles. The fourth-order valence-corrected chi connectivity index (χ4v) is 2.01. The quantitative estimate of drug-likeness (QED) is 0.288. The van der Waals surface area contributed by atoms with Crippen molar-refractivity contribution in [3.05, 3.63) is 24.3 Å². The molecule has 3 N–H and O–H groups in total. The van der Waals surface area contributed by atoms with Gasteiger partial charge in [-0.3, -0.25) is 0 Å². The van der Waals surface area contributed by atoms with Gasteiger partial charge in [-0.1, -0.05) is 24.3 Å². The smallest absolute Gasteiger partial charge is 0.434 e. The third-order valence-electron chi connectivity index (χ3n) is 3.64. The van der Waals surface area contributed by atoms with Crippen molar-refractivity contribution >= 4 is 6.16 Å². The van der Waals surface area contributed by atoms with Crippen LogP contribution in [0.3, 0.4) is 0 Å². The summed E-state index contributed by atoms with van der Waals surface area (Å²) >= 11 is 0. The van der Waals surface area contributed by atoms with E-state index in [-0.39, 0.29) is 39.5 Å². The van der Waals surface area contributed by atoms with Crippen LogP contribution < -0.4 is 0 Å². The number of rotatable bonds is 12. The monoisotopic (exact) mass is 330 g/mol. The second-order valence-electron chi connectivity index (χ2n) is 5.53. The molecule has 0 fully saturated rings. The lowest BCUT2D eigenvalue weighted by Crippen LogP contribution is -2.35. The first-order chi connectivity index (χ1) is 11.1. The molecule has 6 nitrogen and oxygen atoms in total. The lowest BCUT2D eigenvalue weighted by atomic mass is 9.88. The zero-order chi connectivity index (χ0) is 17.6. The van der Waals surface area contributed by atoms with Crippen LogP contribution in [0.2, 0.25) is 0 Å². The molecule has 6 heteroatoms. The van der Waals surface area contributed by atoms with Crippen LogP contribution in [-0.4, -0.2) is 54.5 Å². The van der Waals surface area contributed by atoms with Gasteiger partial charge < -0.3 is 24.8 Å². The van der Waals surface area contributed by atoms with Gasteiger partial charge in [0.2, 0.25) is 0 Å². The van der Waals surface area contributed by atoms with Crippen molar-refractivity contribution in [1.82, 2.24) is 0 Å². The summed E-state index contributed by atoms with van der Waals surface area (Å²) in [6.45, 7) is 3.04. The number of aliphatic hydroxyl groups is 3. The Morgan fingerprint density at radius 3 is 2.00 bits per heavy atom. The van der Waals surface area contributed by atoms with E-state index >= 15 is 0 Å². The second-order valence-corrected chi connectivity index (χ2v) is 5.53. The minimum atomic E-state index is -1.04. The van der Waals surface area contributed by atoms with Crippen molar-refractivity contribution in [2.45, 2.75) is 33.1 Å². The molecule has 134 valence electrons. The number of hydrogen-bond donors (Lipinski definition) is 3. The molecule has 0 amide bonds. The fourth-order valence-electron chi connectivity index (χ4n) is 2.01. The van der Waals surface area contributed by atoms with Gasteiger partial charge in [0.15, 0.2) is 0 Å². The molecule has 0 heterocycles. The van der Waals surface area contributed by atoms with E-state index in [2.05, 4.69) is 12.2 Å². The van der Waals surface area contributed by atoms with E-state index in [1.165, 1.54) is 0 Å². The Kier molecular flexibility index (Phi) is 12.3. The van der Waals surface area contributed by atoms with Crippen molar-refractivity contribution in [2.75, 3.05) is 33.0 Å². The molecule has 0 unspecified atom stereocenters. The highest BCUT2D eigenvalue weighted by Gasteiger charge is 2.28. The predicted molar refractivity (Wildman–Crippen MR) is 88.0 cm³/mol. The molecule has 23 heavy (non-hydrogen) atoms. The maximum Gasteiger partial charge on any atom is 0.508 e. The molecular weight excluding hydrogens is 300 g/mol. The number of ether oxygens (including phenoxy) is 2. The van der Waals surface area contributed by atoms with Crippen LogP contribution in [0.25, 0.3) is 0 Å². The summed E-state index contributed by atoms with van der Waals surface area (Å²) in [5.41, 5.74) is -1.04. The van der Waals surface area contributed by atoms with Gasteiger partial charge in [0.05, 0.1) is 33.0 Å². The lowest BCUT2D eigenvalue weighted by Gasteiger charge is -2.26. The van der Waals surface area contributed by atoms with Gasteiger partial charge in [0.25, 0.3) is 0 Å². The first-order valence-electron chi connectivity index (χ1n) is 7.95. The van der Waals surface area contributed by atoms with Crippen LogP contribution >= 0.6 is 0 Å². The van der Waals surface area contributed by atoms with Crippen LogP contribution in [0, 0.1) is 11.3 Å². The van der Waals surface area contributed by atoms with Gasteiger partial charge in [-0.05, 0) is 39.0 Å². The molecule has 0 rings (SSSR count). The Morgan fingerprint density at radius 1 is 1.00 bits per heavy atom. The summed E-state index contributed by atoms with van der Waals surface area (Å²) in [5.74, 6) is 0.337. The molecule has 0 aliphatic carbocycles. The van der Waals surface area contributed by atoms with E-state index in [0.29, 0.717) is 5.92 Å². The maximum atomic E-state index is 11.4. The van der Waals surface area contributed by atoms with Crippen molar-refractivity contribution in [1.29, 1.82) is 0 Å². The standard InChI is InChI=1S/C17H30O6/c1-3-6-15(7-4-2)8-5-10-22-16(21)23-11-9-17(12-18,13-19)14-20/h3-4,6-7,15,18-20H,5,8-14H2,1-2H3. The van der Waals surface area contributed by atoms with Gasteiger partial charge in [-0.15, -0.1) is 0 Å².